The van der Waals surface area contributed by atoms with Crippen molar-refractivity contribution in [3.8, 4) is 22.6 Å². The number of methoxy groups -OCH3 is 2. The van der Waals surface area contributed by atoms with Crippen LogP contribution in [0.1, 0.15) is 37.4 Å². The van der Waals surface area contributed by atoms with Crippen LogP contribution in [0.4, 0.5) is 8.78 Å². The quantitative estimate of drug-likeness (QED) is 0.539. The summed E-state index contributed by atoms with van der Waals surface area (Å²) in [6.45, 7) is 0. The summed E-state index contributed by atoms with van der Waals surface area (Å²) in [6, 6.07) is 4.24. The van der Waals surface area contributed by atoms with Gasteiger partial charge in [-0.3, -0.25) is 14.8 Å². The molecule has 9 heteroatoms. The number of rotatable bonds is 6. The lowest BCUT2D eigenvalue weighted by atomic mass is 10.0. The first-order chi connectivity index (χ1) is 16.4. The summed E-state index contributed by atoms with van der Waals surface area (Å²) in [6.07, 6.45) is 8.05. The minimum absolute atomic E-state index is 0.103. The lowest BCUT2D eigenvalue weighted by Gasteiger charge is -2.20. The second kappa shape index (κ2) is 9.62. The Morgan fingerprint density at radius 1 is 1.15 bits per heavy atom. The fraction of sp³-hybridized carbons (Fsp3) is 0.320. The summed E-state index contributed by atoms with van der Waals surface area (Å²) in [5, 5.41) is 0.565. The number of fused-ring (bicyclic) bond motifs is 1. The number of aliphatic imine (C=N–C) groups is 1. The standard InChI is InChI=1S/C25H26F2N4O3/c1-29-12-15(11-28)18-9-19-14(13-30-18)8-17(25(32)31(19)16-6-4-5-7-16)22-23(26)20(33-2)10-21(34-3)24(22)27/h8-13,16H,4-7,28H2,1-3H3. The van der Waals surface area contributed by atoms with Crippen LogP contribution in [0, 0.1) is 11.6 Å². The highest BCUT2D eigenvalue weighted by Crippen LogP contribution is 2.38. The van der Waals surface area contributed by atoms with Gasteiger partial charge >= 0.3 is 0 Å². The molecule has 1 saturated carbocycles. The first-order valence-electron chi connectivity index (χ1n) is 10.9. The summed E-state index contributed by atoms with van der Waals surface area (Å²) in [4.78, 5) is 22.3. The van der Waals surface area contributed by atoms with Crippen LogP contribution >= 0.6 is 0 Å². The van der Waals surface area contributed by atoms with E-state index in [0.717, 1.165) is 31.7 Å². The highest BCUT2D eigenvalue weighted by molar-refractivity contribution is 6.09. The zero-order valence-corrected chi connectivity index (χ0v) is 19.3. The topological polar surface area (TPSA) is 91.7 Å². The Bertz CT molecular complexity index is 1330. The zero-order chi connectivity index (χ0) is 24.4. The number of nitrogens with zero attached hydrogens (tertiary/aromatic N) is 3. The molecule has 0 spiro atoms. The number of hydrogen-bond donors (Lipinski definition) is 1. The van der Waals surface area contributed by atoms with Crippen molar-refractivity contribution in [1.29, 1.82) is 0 Å². The van der Waals surface area contributed by atoms with Gasteiger partial charge in [0.05, 0.1) is 36.6 Å². The number of pyridine rings is 2. The van der Waals surface area contributed by atoms with E-state index in [1.165, 1.54) is 26.5 Å². The van der Waals surface area contributed by atoms with Crippen LogP contribution in [-0.2, 0) is 0 Å². The summed E-state index contributed by atoms with van der Waals surface area (Å²) in [5.74, 6) is -2.37. The Hall–Kier alpha value is -3.75. The molecule has 0 unspecified atom stereocenters. The molecule has 2 aromatic heterocycles. The molecular weight excluding hydrogens is 442 g/mol. The van der Waals surface area contributed by atoms with Crippen LogP contribution < -0.4 is 20.8 Å². The first kappa shape index (κ1) is 23.4. The summed E-state index contributed by atoms with van der Waals surface area (Å²) in [7, 11) is 4.16. The van der Waals surface area contributed by atoms with Gasteiger partial charge in [-0.25, -0.2) is 8.78 Å². The number of ether oxygens (including phenoxy) is 2. The minimum atomic E-state index is -0.965. The van der Waals surface area contributed by atoms with Crippen LogP contribution in [0.15, 0.2) is 40.4 Å². The predicted molar refractivity (Wildman–Crippen MR) is 129 cm³/mol. The largest absolute Gasteiger partial charge is 0.494 e. The third kappa shape index (κ3) is 3.91. The second-order valence-electron chi connectivity index (χ2n) is 8.09. The number of allylic oxidation sites excluding steroid dienone is 1. The van der Waals surface area contributed by atoms with Gasteiger partial charge in [-0.05, 0) is 25.0 Å². The molecule has 0 bridgehead atoms. The van der Waals surface area contributed by atoms with E-state index in [-0.39, 0.29) is 23.1 Å². The van der Waals surface area contributed by atoms with Crippen molar-refractivity contribution < 1.29 is 18.3 Å². The predicted octanol–water partition coefficient (Wildman–Crippen LogP) is 4.47. The van der Waals surface area contributed by atoms with Crippen LogP contribution in [0.25, 0.3) is 27.6 Å². The molecule has 7 nitrogen and oxygen atoms in total. The maximum absolute atomic E-state index is 15.3. The molecule has 178 valence electrons. The van der Waals surface area contributed by atoms with E-state index >= 15 is 8.78 Å². The molecule has 2 heterocycles. The fourth-order valence-electron chi connectivity index (χ4n) is 4.55. The highest BCUT2D eigenvalue weighted by atomic mass is 19.1. The van der Waals surface area contributed by atoms with Crippen LogP contribution in [0.2, 0.25) is 0 Å². The lowest BCUT2D eigenvalue weighted by Crippen LogP contribution is -2.26. The van der Waals surface area contributed by atoms with Gasteiger partial charge in [0.2, 0.25) is 0 Å². The van der Waals surface area contributed by atoms with Gasteiger partial charge in [0, 0.05) is 48.7 Å². The Morgan fingerprint density at radius 3 is 2.35 bits per heavy atom. The van der Waals surface area contributed by atoms with Gasteiger partial charge in [0.25, 0.3) is 5.56 Å². The molecule has 0 saturated heterocycles. The number of nitrogens with two attached hydrogens (primary N) is 1. The Labute approximate surface area is 195 Å². The Morgan fingerprint density at radius 2 is 1.79 bits per heavy atom. The van der Waals surface area contributed by atoms with E-state index in [9.17, 15) is 4.79 Å². The number of halogens is 2. The van der Waals surface area contributed by atoms with Crippen LogP contribution in [-0.4, -0.2) is 37.0 Å². The fourth-order valence-corrected chi connectivity index (χ4v) is 4.55. The molecule has 0 atom stereocenters. The highest BCUT2D eigenvalue weighted by Gasteiger charge is 2.27. The van der Waals surface area contributed by atoms with Crippen molar-refractivity contribution in [2.45, 2.75) is 31.7 Å². The van der Waals surface area contributed by atoms with Crippen molar-refractivity contribution in [3.05, 3.63) is 58.3 Å². The van der Waals surface area contributed by atoms with E-state index in [1.807, 2.05) is 0 Å². The van der Waals surface area contributed by atoms with Crippen LogP contribution in [0.5, 0.6) is 11.5 Å². The number of hydrogen-bond acceptors (Lipinski definition) is 6. The molecular formula is C25H26F2N4O3. The molecule has 3 aromatic rings. The molecule has 4 rings (SSSR count). The van der Waals surface area contributed by atoms with E-state index in [1.54, 1.807) is 30.1 Å². The zero-order valence-electron chi connectivity index (χ0n) is 19.3. The van der Waals surface area contributed by atoms with E-state index in [0.29, 0.717) is 22.2 Å². The molecule has 0 radical (unpaired) electrons. The van der Waals surface area contributed by atoms with Gasteiger partial charge in [0.15, 0.2) is 23.1 Å². The maximum atomic E-state index is 15.3. The number of aromatic nitrogens is 2. The summed E-state index contributed by atoms with van der Waals surface area (Å²) < 4.78 is 42.4. The van der Waals surface area contributed by atoms with Crippen LogP contribution in [0.3, 0.4) is 0 Å². The van der Waals surface area contributed by atoms with Gasteiger partial charge in [-0.2, -0.15) is 0 Å². The third-order valence-electron chi connectivity index (χ3n) is 6.20. The molecule has 0 aliphatic heterocycles. The maximum Gasteiger partial charge on any atom is 0.259 e. The van der Waals surface area contributed by atoms with Crippen molar-refractivity contribution >= 4 is 22.7 Å². The average Bonchev–Trinajstić information content (AvgIpc) is 3.37. The van der Waals surface area contributed by atoms with E-state index < -0.39 is 22.8 Å². The number of benzene rings is 1. The normalized spacial score (nSPS) is 14.9. The van der Waals surface area contributed by atoms with Crippen molar-refractivity contribution in [1.82, 2.24) is 9.55 Å². The molecule has 34 heavy (non-hydrogen) atoms. The second-order valence-corrected chi connectivity index (χ2v) is 8.09. The first-order valence-corrected chi connectivity index (χ1v) is 10.9. The molecule has 1 aliphatic rings. The summed E-state index contributed by atoms with van der Waals surface area (Å²) >= 11 is 0. The minimum Gasteiger partial charge on any atom is -0.494 e. The van der Waals surface area contributed by atoms with Gasteiger partial charge in [-0.15, -0.1) is 0 Å². The molecule has 0 amide bonds. The van der Waals surface area contributed by atoms with Crippen molar-refractivity contribution in [2.75, 3.05) is 21.3 Å². The van der Waals surface area contributed by atoms with E-state index in [4.69, 9.17) is 15.2 Å². The molecule has 2 N–H and O–H groups in total. The molecule has 1 fully saturated rings. The lowest BCUT2D eigenvalue weighted by molar-refractivity contribution is 0.359. The molecule has 1 aliphatic carbocycles. The SMILES string of the molecule is CN=CC(=CN)c1cc2c(cn1)cc(-c1c(F)c(OC)cc(OC)c1F)c(=O)n2C1CCCC1. The smallest absolute Gasteiger partial charge is 0.259 e. The monoisotopic (exact) mass is 468 g/mol. The average molecular weight is 469 g/mol. The summed E-state index contributed by atoms with van der Waals surface area (Å²) in [5.41, 5.74) is 6.39. The van der Waals surface area contributed by atoms with Gasteiger partial charge < -0.3 is 19.8 Å². The van der Waals surface area contributed by atoms with Gasteiger partial charge in [-0.1, -0.05) is 12.8 Å². The van der Waals surface area contributed by atoms with Crippen molar-refractivity contribution in [3.63, 3.8) is 0 Å². The Balaban J connectivity index is 2.07. The molecule has 1 aromatic carbocycles. The third-order valence-corrected chi connectivity index (χ3v) is 6.20. The van der Waals surface area contributed by atoms with E-state index in [2.05, 4.69) is 9.98 Å². The van der Waals surface area contributed by atoms with Crippen molar-refractivity contribution in [2.24, 2.45) is 10.7 Å². The Kier molecular flexibility index (Phi) is 6.63. The van der Waals surface area contributed by atoms with Gasteiger partial charge in [0.1, 0.15) is 0 Å².